The average molecular weight is 362 g/mol. The molecule has 132 valence electrons. The number of carbonyl (C=O) groups is 2. The van der Waals surface area contributed by atoms with Crippen LogP contribution in [0.25, 0.3) is 0 Å². The summed E-state index contributed by atoms with van der Waals surface area (Å²) in [4.78, 5) is 24.0. The molecule has 0 saturated carbocycles. The molecule has 0 saturated heterocycles. The highest BCUT2D eigenvalue weighted by atomic mass is 32.2. The second kappa shape index (κ2) is 7.94. The Hall–Kier alpha value is -2.67. The van der Waals surface area contributed by atoms with E-state index in [9.17, 15) is 18.0 Å². The van der Waals surface area contributed by atoms with Crippen LogP contribution in [0, 0.1) is 0 Å². The number of hydrogen-bond donors (Lipinski definition) is 0. The number of rotatable bonds is 7. The molecule has 6 nitrogen and oxygen atoms in total. The number of carbonyl (C=O) groups excluding carboxylic acids is 2. The normalized spacial score (nSPS) is 11.0. The summed E-state index contributed by atoms with van der Waals surface area (Å²) in [7, 11) is -1.61. The lowest BCUT2D eigenvalue weighted by Gasteiger charge is -2.06. The first-order valence-electron chi connectivity index (χ1n) is 7.39. The molecular formula is C18H18O6S. The van der Waals surface area contributed by atoms with Crippen LogP contribution in [0.5, 0.6) is 5.75 Å². The van der Waals surface area contributed by atoms with Gasteiger partial charge in [-0.25, -0.2) is 13.2 Å². The lowest BCUT2D eigenvalue weighted by atomic mass is 10.1. The first-order chi connectivity index (χ1) is 11.8. The standard InChI is InChI=1S/C18H18O6S/c1-23-16-9-7-14(8-10-16)17(19)11-24-18(20)15-5-3-13(4-6-15)12-25(2,21)22/h3-10H,11-12H2,1-2H3. The van der Waals surface area contributed by atoms with Crippen LogP contribution in [0.3, 0.4) is 0 Å². The molecule has 2 rings (SSSR count). The van der Waals surface area contributed by atoms with E-state index >= 15 is 0 Å². The van der Waals surface area contributed by atoms with Crippen LogP contribution in [0.1, 0.15) is 26.3 Å². The quantitative estimate of drug-likeness (QED) is 0.555. The molecule has 25 heavy (non-hydrogen) atoms. The summed E-state index contributed by atoms with van der Waals surface area (Å²) in [5, 5.41) is 0. The maximum atomic E-state index is 12.0. The van der Waals surface area contributed by atoms with E-state index < -0.39 is 15.8 Å². The molecule has 0 aliphatic carbocycles. The van der Waals surface area contributed by atoms with E-state index in [-0.39, 0.29) is 23.7 Å². The van der Waals surface area contributed by atoms with Crippen molar-refractivity contribution in [1.29, 1.82) is 0 Å². The summed E-state index contributed by atoms with van der Waals surface area (Å²) in [6, 6.07) is 12.5. The van der Waals surface area contributed by atoms with E-state index in [0.717, 1.165) is 6.26 Å². The van der Waals surface area contributed by atoms with Crippen LogP contribution >= 0.6 is 0 Å². The summed E-state index contributed by atoms with van der Waals surface area (Å²) < 4.78 is 32.5. The van der Waals surface area contributed by atoms with Crippen LogP contribution in [0.4, 0.5) is 0 Å². The molecule has 0 radical (unpaired) electrons. The molecule has 0 fully saturated rings. The highest BCUT2D eigenvalue weighted by Gasteiger charge is 2.13. The van der Waals surface area contributed by atoms with Gasteiger partial charge in [0.25, 0.3) is 0 Å². The average Bonchev–Trinajstić information content (AvgIpc) is 2.58. The minimum atomic E-state index is -3.14. The Labute approximate surface area is 146 Å². The SMILES string of the molecule is COc1ccc(C(=O)COC(=O)c2ccc(CS(C)(=O)=O)cc2)cc1. The fraction of sp³-hybridized carbons (Fsp3) is 0.222. The molecule has 0 bridgehead atoms. The zero-order valence-corrected chi connectivity index (χ0v) is 14.7. The summed E-state index contributed by atoms with van der Waals surface area (Å²) in [5.41, 5.74) is 1.24. The molecule has 7 heteroatoms. The third-order valence-electron chi connectivity index (χ3n) is 3.36. The fourth-order valence-electron chi connectivity index (χ4n) is 2.11. The Morgan fingerprint density at radius 1 is 0.920 bits per heavy atom. The van der Waals surface area contributed by atoms with Crippen LogP contribution in [0.2, 0.25) is 0 Å². The van der Waals surface area contributed by atoms with E-state index in [4.69, 9.17) is 9.47 Å². The van der Waals surface area contributed by atoms with Gasteiger partial charge in [-0.2, -0.15) is 0 Å². The predicted molar refractivity (Wildman–Crippen MR) is 92.6 cm³/mol. The van der Waals surface area contributed by atoms with Gasteiger partial charge in [0.1, 0.15) is 5.75 Å². The lowest BCUT2D eigenvalue weighted by Crippen LogP contribution is -2.14. The van der Waals surface area contributed by atoms with E-state index in [2.05, 4.69) is 0 Å². The molecule has 0 aliphatic rings. The highest BCUT2D eigenvalue weighted by Crippen LogP contribution is 2.13. The monoisotopic (exact) mass is 362 g/mol. The third kappa shape index (κ3) is 5.72. The molecule has 0 aliphatic heterocycles. The van der Waals surface area contributed by atoms with Gasteiger partial charge in [0.15, 0.2) is 22.2 Å². The van der Waals surface area contributed by atoms with Crippen molar-refractivity contribution in [2.45, 2.75) is 5.75 Å². The Balaban J connectivity index is 1.94. The molecule has 0 spiro atoms. The molecule has 2 aromatic rings. The first kappa shape index (κ1) is 18.7. The predicted octanol–water partition coefficient (Wildman–Crippen LogP) is 2.28. The summed E-state index contributed by atoms with van der Waals surface area (Å²) >= 11 is 0. The molecule has 0 atom stereocenters. The van der Waals surface area contributed by atoms with Gasteiger partial charge in [-0.1, -0.05) is 12.1 Å². The van der Waals surface area contributed by atoms with Crippen molar-refractivity contribution in [2.75, 3.05) is 20.0 Å². The van der Waals surface area contributed by atoms with Crippen LogP contribution in [-0.2, 0) is 20.3 Å². The minimum absolute atomic E-state index is 0.0989. The van der Waals surface area contributed by atoms with Crippen LogP contribution in [0.15, 0.2) is 48.5 Å². The van der Waals surface area contributed by atoms with E-state index in [1.165, 1.54) is 19.2 Å². The second-order valence-electron chi connectivity index (χ2n) is 5.49. The summed E-state index contributed by atoms with van der Waals surface area (Å²) in [6.45, 7) is -0.379. The van der Waals surface area contributed by atoms with Crippen molar-refractivity contribution in [3.8, 4) is 5.75 Å². The third-order valence-corrected chi connectivity index (χ3v) is 4.22. The van der Waals surface area contributed by atoms with Crippen LogP contribution in [-0.4, -0.2) is 40.1 Å². The smallest absolute Gasteiger partial charge is 0.338 e. The zero-order chi connectivity index (χ0) is 18.4. The van der Waals surface area contributed by atoms with Gasteiger partial charge in [0, 0.05) is 11.8 Å². The van der Waals surface area contributed by atoms with Crippen molar-refractivity contribution in [3.63, 3.8) is 0 Å². The van der Waals surface area contributed by atoms with Crippen molar-refractivity contribution in [3.05, 3.63) is 65.2 Å². The van der Waals surface area contributed by atoms with E-state index in [1.807, 2.05) is 0 Å². The maximum absolute atomic E-state index is 12.0. The number of benzene rings is 2. The van der Waals surface area contributed by atoms with Gasteiger partial charge >= 0.3 is 5.97 Å². The number of hydrogen-bond acceptors (Lipinski definition) is 6. The fourth-order valence-corrected chi connectivity index (χ4v) is 2.91. The number of esters is 1. The Bertz CT molecular complexity index is 851. The molecule has 0 aromatic heterocycles. The largest absolute Gasteiger partial charge is 0.497 e. The second-order valence-corrected chi connectivity index (χ2v) is 7.64. The zero-order valence-electron chi connectivity index (χ0n) is 13.9. The minimum Gasteiger partial charge on any atom is -0.497 e. The van der Waals surface area contributed by atoms with E-state index in [1.54, 1.807) is 36.4 Å². The molecule has 0 heterocycles. The Kier molecular flexibility index (Phi) is 5.93. The molecule has 2 aromatic carbocycles. The van der Waals surface area contributed by atoms with Gasteiger partial charge in [-0.15, -0.1) is 0 Å². The number of methoxy groups -OCH3 is 1. The van der Waals surface area contributed by atoms with Crippen molar-refractivity contribution >= 4 is 21.6 Å². The highest BCUT2D eigenvalue weighted by molar-refractivity contribution is 7.89. The number of Topliss-reactive ketones (excluding diaryl/α,β-unsaturated/α-hetero) is 1. The van der Waals surface area contributed by atoms with Crippen LogP contribution < -0.4 is 4.74 Å². The van der Waals surface area contributed by atoms with Crippen molar-refractivity contribution in [1.82, 2.24) is 0 Å². The van der Waals surface area contributed by atoms with Gasteiger partial charge in [-0.3, -0.25) is 4.79 Å². The van der Waals surface area contributed by atoms with Gasteiger partial charge in [-0.05, 0) is 42.0 Å². The maximum Gasteiger partial charge on any atom is 0.338 e. The van der Waals surface area contributed by atoms with Gasteiger partial charge in [0.2, 0.25) is 0 Å². The number of ether oxygens (including phenoxy) is 2. The lowest BCUT2D eigenvalue weighted by molar-refractivity contribution is 0.0474. The van der Waals surface area contributed by atoms with Crippen molar-refractivity contribution < 1.29 is 27.5 Å². The summed E-state index contributed by atoms with van der Waals surface area (Å²) in [5.74, 6) is -0.446. The summed E-state index contributed by atoms with van der Waals surface area (Å²) in [6.07, 6.45) is 1.14. The topological polar surface area (TPSA) is 86.7 Å². The van der Waals surface area contributed by atoms with Gasteiger partial charge < -0.3 is 9.47 Å². The first-order valence-corrected chi connectivity index (χ1v) is 9.45. The molecule has 0 unspecified atom stereocenters. The van der Waals surface area contributed by atoms with Crippen molar-refractivity contribution in [2.24, 2.45) is 0 Å². The molecule has 0 N–H and O–H groups in total. The molecule has 0 amide bonds. The number of ketones is 1. The van der Waals surface area contributed by atoms with Gasteiger partial charge in [0.05, 0.1) is 18.4 Å². The Morgan fingerprint density at radius 2 is 1.48 bits per heavy atom. The number of sulfone groups is 1. The Morgan fingerprint density at radius 3 is 2.00 bits per heavy atom. The molecular weight excluding hydrogens is 344 g/mol. The van der Waals surface area contributed by atoms with E-state index in [0.29, 0.717) is 16.9 Å².